The Kier molecular flexibility index (Phi) is 5.82. The van der Waals surface area contributed by atoms with Crippen LogP contribution in [0.5, 0.6) is 0 Å². The smallest absolute Gasteiger partial charge is 0.261 e. The van der Waals surface area contributed by atoms with Gasteiger partial charge in [-0.2, -0.15) is 0 Å². The number of nitrogens with one attached hydrogen (secondary N) is 1. The van der Waals surface area contributed by atoms with Gasteiger partial charge < -0.3 is 9.80 Å². The van der Waals surface area contributed by atoms with E-state index in [-0.39, 0.29) is 10.8 Å². The lowest BCUT2D eigenvalue weighted by atomic mass is 10.1. The van der Waals surface area contributed by atoms with Crippen LogP contribution in [0.4, 0.5) is 5.69 Å². The van der Waals surface area contributed by atoms with Crippen LogP contribution in [0.1, 0.15) is 22.8 Å². The summed E-state index contributed by atoms with van der Waals surface area (Å²) in [6.07, 6.45) is 0. The van der Waals surface area contributed by atoms with Crippen LogP contribution in [0.3, 0.4) is 0 Å². The summed E-state index contributed by atoms with van der Waals surface area (Å²) in [5, 5.41) is 0. The minimum absolute atomic E-state index is 0.0640. The van der Waals surface area contributed by atoms with E-state index in [0.717, 1.165) is 25.2 Å². The molecule has 1 heterocycles. The number of hydrogen-bond donors (Lipinski definition) is 1. The Morgan fingerprint density at radius 3 is 2.33 bits per heavy atom. The van der Waals surface area contributed by atoms with Crippen LogP contribution in [0.25, 0.3) is 0 Å². The second-order valence-electron chi connectivity index (χ2n) is 6.67. The van der Waals surface area contributed by atoms with E-state index in [2.05, 4.69) is 16.5 Å². The molecule has 1 fully saturated rings. The number of aryl methyl sites for hydroxylation is 1. The van der Waals surface area contributed by atoms with Crippen LogP contribution >= 0.6 is 0 Å². The van der Waals surface area contributed by atoms with Gasteiger partial charge in [0.1, 0.15) is 0 Å². The van der Waals surface area contributed by atoms with E-state index in [9.17, 15) is 13.2 Å². The number of rotatable bonds is 5. The molecule has 1 aliphatic rings. The predicted molar refractivity (Wildman–Crippen MR) is 106 cm³/mol. The van der Waals surface area contributed by atoms with Crippen LogP contribution in [0.2, 0.25) is 0 Å². The molecule has 1 saturated heterocycles. The van der Waals surface area contributed by atoms with Crippen molar-refractivity contribution in [1.82, 2.24) is 9.80 Å². The Morgan fingerprint density at radius 2 is 1.70 bits per heavy atom. The Hall–Kier alpha value is -2.38. The van der Waals surface area contributed by atoms with Gasteiger partial charge in [-0.15, -0.1) is 0 Å². The molecule has 2 aromatic carbocycles. The first-order valence-electron chi connectivity index (χ1n) is 9.11. The van der Waals surface area contributed by atoms with Crippen molar-refractivity contribution in [1.29, 1.82) is 0 Å². The molecule has 2 aromatic rings. The third-order valence-corrected chi connectivity index (χ3v) is 6.27. The van der Waals surface area contributed by atoms with Gasteiger partial charge in [0.05, 0.1) is 10.6 Å². The normalized spacial score (nSPS) is 15.6. The first-order valence-corrected chi connectivity index (χ1v) is 10.6. The second-order valence-corrected chi connectivity index (χ2v) is 8.36. The molecule has 1 N–H and O–H groups in total. The van der Waals surface area contributed by atoms with Gasteiger partial charge in [0.25, 0.3) is 15.9 Å². The van der Waals surface area contributed by atoms with Gasteiger partial charge in [-0.25, -0.2) is 8.42 Å². The molecule has 0 spiro atoms. The highest BCUT2D eigenvalue weighted by Crippen LogP contribution is 2.22. The number of likely N-dealkylation sites (N-methyl/N-ethyl adjacent to an activating group) is 1. The number of benzene rings is 2. The standard InChI is InChI=1S/C20H25N3O3S/c1-3-22-11-13-23(14-12-22)20(24)17-10-9-16(2)19(15-17)21-27(25,26)18-7-5-4-6-8-18/h4-10,15,21H,3,11-14H2,1-2H3. The van der Waals surface area contributed by atoms with Crippen molar-refractivity contribution in [3.63, 3.8) is 0 Å². The molecule has 0 aromatic heterocycles. The minimum atomic E-state index is -3.70. The van der Waals surface area contributed by atoms with Crippen molar-refractivity contribution in [3.05, 3.63) is 59.7 Å². The Balaban J connectivity index is 1.79. The van der Waals surface area contributed by atoms with E-state index in [1.807, 2.05) is 11.8 Å². The van der Waals surface area contributed by atoms with E-state index in [4.69, 9.17) is 0 Å². The molecule has 3 rings (SSSR count). The fourth-order valence-corrected chi connectivity index (χ4v) is 4.26. The predicted octanol–water partition coefficient (Wildman–Crippen LogP) is 2.57. The molecule has 0 bridgehead atoms. The van der Waals surface area contributed by atoms with Crippen molar-refractivity contribution in [2.45, 2.75) is 18.7 Å². The molecule has 0 saturated carbocycles. The molecule has 144 valence electrons. The van der Waals surface area contributed by atoms with Crippen LogP contribution in [0, 0.1) is 6.92 Å². The van der Waals surface area contributed by atoms with Gasteiger partial charge >= 0.3 is 0 Å². The van der Waals surface area contributed by atoms with E-state index >= 15 is 0 Å². The number of carbonyl (C=O) groups excluding carboxylic acids is 1. The number of carbonyl (C=O) groups is 1. The third-order valence-electron chi connectivity index (χ3n) is 4.89. The van der Waals surface area contributed by atoms with Crippen LogP contribution in [-0.4, -0.2) is 56.8 Å². The molecule has 7 heteroatoms. The monoisotopic (exact) mass is 387 g/mol. The Labute approximate surface area is 160 Å². The van der Waals surface area contributed by atoms with Crippen molar-refractivity contribution >= 4 is 21.6 Å². The fraction of sp³-hybridized carbons (Fsp3) is 0.350. The Bertz CT molecular complexity index is 905. The minimum Gasteiger partial charge on any atom is -0.336 e. The molecular formula is C20H25N3O3S. The van der Waals surface area contributed by atoms with Gasteiger partial charge in [0.2, 0.25) is 0 Å². The molecule has 1 amide bonds. The summed E-state index contributed by atoms with van der Waals surface area (Å²) in [6.45, 7) is 8.01. The van der Waals surface area contributed by atoms with Crippen molar-refractivity contribution in [3.8, 4) is 0 Å². The van der Waals surface area contributed by atoms with Gasteiger partial charge in [0, 0.05) is 31.7 Å². The lowest BCUT2D eigenvalue weighted by molar-refractivity contribution is 0.0643. The number of anilines is 1. The van der Waals surface area contributed by atoms with Gasteiger partial charge in [-0.05, 0) is 43.3 Å². The van der Waals surface area contributed by atoms with Crippen LogP contribution < -0.4 is 4.72 Å². The highest BCUT2D eigenvalue weighted by Gasteiger charge is 2.22. The lowest BCUT2D eigenvalue weighted by Crippen LogP contribution is -2.48. The maximum atomic E-state index is 12.8. The molecule has 0 atom stereocenters. The fourth-order valence-electron chi connectivity index (χ4n) is 3.12. The molecule has 0 aliphatic carbocycles. The first-order chi connectivity index (χ1) is 12.9. The van der Waals surface area contributed by atoms with Crippen molar-refractivity contribution in [2.75, 3.05) is 37.4 Å². The van der Waals surface area contributed by atoms with Crippen LogP contribution in [0.15, 0.2) is 53.4 Å². The topological polar surface area (TPSA) is 69.7 Å². The number of nitrogens with zero attached hydrogens (tertiary/aromatic N) is 2. The maximum Gasteiger partial charge on any atom is 0.261 e. The van der Waals surface area contributed by atoms with E-state index in [0.29, 0.717) is 24.3 Å². The summed E-state index contributed by atoms with van der Waals surface area (Å²) in [5.41, 5.74) is 1.69. The molecule has 0 radical (unpaired) electrons. The van der Waals surface area contributed by atoms with Crippen molar-refractivity contribution in [2.24, 2.45) is 0 Å². The molecule has 27 heavy (non-hydrogen) atoms. The molecule has 6 nitrogen and oxygen atoms in total. The average Bonchev–Trinajstić information content (AvgIpc) is 2.70. The highest BCUT2D eigenvalue weighted by molar-refractivity contribution is 7.92. The zero-order valence-electron chi connectivity index (χ0n) is 15.7. The largest absolute Gasteiger partial charge is 0.336 e. The molecule has 0 unspecified atom stereocenters. The summed E-state index contributed by atoms with van der Waals surface area (Å²) in [5.74, 6) is -0.0640. The summed E-state index contributed by atoms with van der Waals surface area (Å²) in [7, 11) is -3.70. The number of sulfonamides is 1. The summed E-state index contributed by atoms with van der Waals surface area (Å²) >= 11 is 0. The van der Waals surface area contributed by atoms with Gasteiger partial charge in [-0.3, -0.25) is 9.52 Å². The number of hydrogen-bond acceptors (Lipinski definition) is 4. The second kappa shape index (κ2) is 8.10. The van der Waals surface area contributed by atoms with Crippen LogP contribution in [-0.2, 0) is 10.0 Å². The summed E-state index contributed by atoms with van der Waals surface area (Å²) in [4.78, 5) is 17.1. The van der Waals surface area contributed by atoms with Gasteiger partial charge in [0.15, 0.2) is 0 Å². The number of amides is 1. The Morgan fingerprint density at radius 1 is 1.04 bits per heavy atom. The molecular weight excluding hydrogens is 362 g/mol. The van der Waals surface area contributed by atoms with Crippen molar-refractivity contribution < 1.29 is 13.2 Å². The third kappa shape index (κ3) is 4.48. The maximum absolute atomic E-state index is 12.8. The van der Waals surface area contributed by atoms with E-state index in [1.165, 1.54) is 0 Å². The van der Waals surface area contributed by atoms with Gasteiger partial charge in [-0.1, -0.05) is 31.2 Å². The highest BCUT2D eigenvalue weighted by atomic mass is 32.2. The zero-order valence-corrected chi connectivity index (χ0v) is 16.5. The summed E-state index contributed by atoms with van der Waals surface area (Å²) < 4.78 is 27.8. The summed E-state index contributed by atoms with van der Waals surface area (Å²) in [6, 6.07) is 13.4. The average molecular weight is 388 g/mol. The van der Waals surface area contributed by atoms with E-state index in [1.54, 1.807) is 48.5 Å². The molecule has 1 aliphatic heterocycles. The quantitative estimate of drug-likeness (QED) is 0.856. The lowest BCUT2D eigenvalue weighted by Gasteiger charge is -2.34. The number of piperazine rings is 1. The SMILES string of the molecule is CCN1CCN(C(=O)c2ccc(C)c(NS(=O)(=O)c3ccccc3)c2)CC1. The first kappa shape index (κ1) is 19.4. The van der Waals surface area contributed by atoms with E-state index < -0.39 is 10.0 Å². The zero-order chi connectivity index (χ0) is 19.4.